The first-order valence-electron chi connectivity index (χ1n) is 6.72. The van der Waals surface area contributed by atoms with Crippen molar-refractivity contribution in [1.29, 1.82) is 0 Å². The van der Waals surface area contributed by atoms with Crippen molar-refractivity contribution in [2.45, 2.75) is 81.8 Å². The zero-order valence-corrected chi connectivity index (χ0v) is 13.9. The first-order chi connectivity index (χ1) is 7.00. The molecule has 0 bridgehead atoms. The van der Waals surface area contributed by atoms with E-state index in [9.17, 15) is 5.11 Å². The lowest BCUT2D eigenvalue weighted by Crippen LogP contribution is -2.65. The van der Waals surface area contributed by atoms with Crippen molar-refractivity contribution in [1.82, 2.24) is 0 Å². The summed E-state index contributed by atoms with van der Waals surface area (Å²) in [7, 11) is 0. The normalized spacial score (nSPS) is 16.2. The quantitative estimate of drug-likeness (QED) is 0.694. The van der Waals surface area contributed by atoms with Crippen LogP contribution in [0, 0.1) is 21.7 Å². The summed E-state index contributed by atoms with van der Waals surface area (Å²) in [5.74, 6) is 0. The highest BCUT2D eigenvalue weighted by molar-refractivity contribution is 5.11. The van der Waals surface area contributed by atoms with Crippen LogP contribution in [0.2, 0.25) is 0 Å². The van der Waals surface area contributed by atoms with Crippen molar-refractivity contribution in [3.8, 4) is 0 Å². The SMILES string of the molecule is CC(C)(C)C(C)(C)C(O)(C(C)(C)C)C(C)(C)C. The monoisotopic (exact) mass is 242 g/mol. The summed E-state index contributed by atoms with van der Waals surface area (Å²) in [6.45, 7) is 23.9. The lowest BCUT2D eigenvalue weighted by molar-refractivity contribution is -0.238. The van der Waals surface area contributed by atoms with Crippen molar-refractivity contribution >= 4 is 0 Å². The minimum atomic E-state index is -0.745. The summed E-state index contributed by atoms with van der Waals surface area (Å²) >= 11 is 0. The predicted octanol–water partition coefficient (Wildman–Crippen LogP) is 4.88. The van der Waals surface area contributed by atoms with Gasteiger partial charge in [0.2, 0.25) is 0 Å². The molecule has 0 unspecified atom stereocenters. The van der Waals surface area contributed by atoms with E-state index in [0.717, 1.165) is 0 Å². The van der Waals surface area contributed by atoms with Crippen LogP contribution < -0.4 is 0 Å². The van der Waals surface area contributed by atoms with Gasteiger partial charge in [-0.25, -0.2) is 0 Å². The highest BCUT2D eigenvalue weighted by Gasteiger charge is 2.61. The molecular formula is C16H34O. The molecule has 0 saturated heterocycles. The fourth-order valence-electron chi connectivity index (χ4n) is 3.54. The van der Waals surface area contributed by atoms with Crippen LogP contribution in [0.4, 0.5) is 0 Å². The third-order valence-corrected chi connectivity index (χ3v) is 4.95. The molecule has 0 atom stereocenters. The van der Waals surface area contributed by atoms with Crippen molar-refractivity contribution < 1.29 is 5.11 Å². The molecule has 0 heterocycles. The third kappa shape index (κ3) is 2.41. The first kappa shape index (κ1) is 17.0. The predicted molar refractivity (Wildman–Crippen MR) is 77.1 cm³/mol. The average molecular weight is 242 g/mol. The second kappa shape index (κ2) is 3.98. The topological polar surface area (TPSA) is 20.2 Å². The van der Waals surface area contributed by atoms with Gasteiger partial charge in [-0.3, -0.25) is 0 Å². The van der Waals surface area contributed by atoms with Crippen LogP contribution in [0.3, 0.4) is 0 Å². The van der Waals surface area contributed by atoms with E-state index >= 15 is 0 Å². The molecule has 0 aromatic heterocycles. The van der Waals surface area contributed by atoms with E-state index in [-0.39, 0.29) is 21.7 Å². The first-order valence-corrected chi connectivity index (χ1v) is 6.72. The molecule has 0 spiro atoms. The maximum absolute atomic E-state index is 11.5. The van der Waals surface area contributed by atoms with Gasteiger partial charge in [0, 0.05) is 0 Å². The van der Waals surface area contributed by atoms with Gasteiger partial charge in [-0.2, -0.15) is 0 Å². The lowest BCUT2D eigenvalue weighted by atomic mass is 9.46. The van der Waals surface area contributed by atoms with Crippen LogP contribution in [0.1, 0.15) is 76.2 Å². The van der Waals surface area contributed by atoms with E-state index in [2.05, 4.69) is 76.2 Å². The highest BCUT2D eigenvalue weighted by Crippen LogP contribution is 2.60. The lowest BCUT2D eigenvalue weighted by Gasteiger charge is -2.62. The smallest absolute Gasteiger partial charge is 0.0799 e. The van der Waals surface area contributed by atoms with Crippen LogP contribution in [-0.2, 0) is 0 Å². The molecule has 0 saturated carbocycles. The number of hydrogen-bond acceptors (Lipinski definition) is 1. The highest BCUT2D eigenvalue weighted by atomic mass is 16.3. The standard InChI is InChI=1S/C16H34O/c1-12(2,3)15(10,11)16(17,13(4,5)6)14(7,8)9/h17H,1-11H3. The molecule has 1 nitrogen and oxygen atoms in total. The van der Waals surface area contributed by atoms with Gasteiger partial charge in [0.15, 0.2) is 0 Å². The van der Waals surface area contributed by atoms with Crippen molar-refractivity contribution in [2.24, 2.45) is 21.7 Å². The molecule has 0 rings (SSSR count). The Bertz CT molecular complexity index is 251. The van der Waals surface area contributed by atoms with Gasteiger partial charge in [-0.05, 0) is 21.7 Å². The second-order valence-corrected chi connectivity index (χ2v) is 9.09. The summed E-state index contributed by atoms with van der Waals surface area (Å²) in [5.41, 5.74) is -1.21. The van der Waals surface area contributed by atoms with Gasteiger partial charge in [0.05, 0.1) is 5.60 Å². The largest absolute Gasteiger partial charge is 0.388 e. The minimum absolute atomic E-state index is 0.0440. The molecule has 0 radical (unpaired) electrons. The van der Waals surface area contributed by atoms with Gasteiger partial charge in [0.25, 0.3) is 0 Å². The summed E-state index contributed by atoms with van der Waals surface area (Å²) in [6, 6.07) is 0. The molecule has 0 aliphatic rings. The van der Waals surface area contributed by atoms with Gasteiger partial charge >= 0.3 is 0 Å². The Kier molecular flexibility index (Phi) is 3.97. The molecule has 0 fully saturated rings. The Hall–Kier alpha value is -0.0400. The Balaban J connectivity index is 6.04. The molecule has 0 aliphatic heterocycles. The zero-order chi connectivity index (χ0) is 14.5. The van der Waals surface area contributed by atoms with E-state index in [4.69, 9.17) is 0 Å². The van der Waals surface area contributed by atoms with E-state index in [1.165, 1.54) is 0 Å². The average Bonchev–Trinajstić information content (AvgIpc) is 1.95. The molecular weight excluding hydrogens is 208 g/mol. The van der Waals surface area contributed by atoms with Crippen molar-refractivity contribution in [3.63, 3.8) is 0 Å². The molecule has 104 valence electrons. The van der Waals surface area contributed by atoms with Gasteiger partial charge in [-0.1, -0.05) is 76.2 Å². The summed E-state index contributed by atoms with van der Waals surface area (Å²) in [6.07, 6.45) is 0. The van der Waals surface area contributed by atoms with Gasteiger partial charge in [0.1, 0.15) is 0 Å². The molecule has 1 N–H and O–H groups in total. The van der Waals surface area contributed by atoms with E-state index < -0.39 is 5.60 Å². The molecule has 0 aromatic carbocycles. The van der Waals surface area contributed by atoms with Crippen molar-refractivity contribution in [2.75, 3.05) is 0 Å². The Labute approximate surface area is 109 Å². The number of aliphatic hydroxyl groups is 1. The van der Waals surface area contributed by atoms with Crippen LogP contribution in [0.25, 0.3) is 0 Å². The maximum atomic E-state index is 11.5. The van der Waals surface area contributed by atoms with Crippen LogP contribution in [-0.4, -0.2) is 10.7 Å². The molecule has 0 amide bonds. The molecule has 1 heteroatoms. The zero-order valence-electron chi connectivity index (χ0n) is 13.9. The summed E-state index contributed by atoms with van der Waals surface area (Å²) in [5, 5.41) is 11.5. The van der Waals surface area contributed by atoms with Gasteiger partial charge in [-0.15, -0.1) is 0 Å². The van der Waals surface area contributed by atoms with Crippen LogP contribution >= 0.6 is 0 Å². The Morgan fingerprint density at radius 1 is 0.471 bits per heavy atom. The van der Waals surface area contributed by atoms with Crippen molar-refractivity contribution in [3.05, 3.63) is 0 Å². The van der Waals surface area contributed by atoms with E-state index in [0.29, 0.717) is 0 Å². The minimum Gasteiger partial charge on any atom is -0.388 e. The Morgan fingerprint density at radius 3 is 0.765 bits per heavy atom. The van der Waals surface area contributed by atoms with Crippen LogP contribution in [0.5, 0.6) is 0 Å². The molecule has 0 aliphatic carbocycles. The number of rotatable bonds is 1. The van der Waals surface area contributed by atoms with Crippen LogP contribution in [0.15, 0.2) is 0 Å². The third-order valence-electron chi connectivity index (χ3n) is 4.95. The maximum Gasteiger partial charge on any atom is 0.0799 e. The fourth-order valence-corrected chi connectivity index (χ4v) is 3.54. The van der Waals surface area contributed by atoms with Gasteiger partial charge < -0.3 is 5.11 Å². The van der Waals surface area contributed by atoms with E-state index in [1.54, 1.807) is 0 Å². The molecule has 17 heavy (non-hydrogen) atoms. The number of hydrogen-bond donors (Lipinski definition) is 1. The Morgan fingerprint density at radius 2 is 0.706 bits per heavy atom. The van der Waals surface area contributed by atoms with E-state index in [1.807, 2.05) is 0 Å². The second-order valence-electron chi connectivity index (χ2n) is 9.09. The fraction of sp³-hybridized carbons (Fsp3) is 1.00. The summed E-state index contributed by atoms with van der Waals surface area (Å²) in [4.78, 5) is 0. The summed E-state index contributed by atoms with van der Waals surface area (Å²) < 4.78 is 0. The molecule has 0 aromatic rings.